The Hall–Kier alpha value is -3.81. The molecule has 0 aliphatic carbocycles. The third-order valence-corrected chi connectivity index (χ3v) is 7.23. The smallest absolute Gasteiger partial charge is 0.274 e. The van der Waals surface area contributed by atoms with E-state index in [0.717, 1.165) is 61.7 Å². The summed E-state index contributed by atoms with van der Waals surface area (Å²) in [7, 11) is 1.74. The first-order valence-corrected chi connectivity index (χ1v) is 13.2. The molecule has 194 valence electrons. The lowest BCUT2D eigenvalue weighted by atomic mass is 10.1. The number of benzene rings is 2. The second-order valence-electron chi connectivity index (χ2n) is 9.63. The Balaban J connectivity index is 1.32. The minimum atomic E-state index is -0.0731. The Morgan fingerprint density at radius 1 is 0.946 bits per heavy atom. The molecule has 2 aromatic carbocycles. The van der Waals surface area contributed by atoms with Crippen molar-refractivity contribution in [3.8, 4) is 5.75 Å². The van der Waals surface area contributed by atoms with E-state index in [2.05, 4.69) is 17.0 Å². The van der Waals surface area contributed by atoms with Gasteiger partial charge in [-0.3, -0.25) is 14.5 Å². The van der Waals surface area contributed by atoms with Gasteiger partial charge in [0.1, 0.15) is 11.6 Å². The van der Waals surface area contributed by atoms with E-state index in [0.29, 0.717) is 31.2 Å². The van der Waals surface area contributed by atoms with Gasteiger partial charge in [-0.1, -0.05) is 30.3 Å². The molecule has 1 aromatic heterocycles. The Bertz CT molecular complexity index is 1230. The zero-order chi connectivity index (χ0) is 25.8. The number of nitrogens with zero attached hydrogens (tertiary/aromatic N) is 5. The van der Waals surface area contributed by atoms with Crippen LogP contribution < -0.4 is 14.5 Å². The molecule has 37 heavy (non-hydrogen) atoms. The SMILES string of the molecule is CCOc1ccc(N2CCN(C(=O)c3c(N(C)C(=O)Cc4ccccc4)nc4n3CCCC4)CC2)cc1. The number of rotatable bonds is 7. The van der Waals surface area contributed by atoms with Crippen LogP contribution in [0.25, 0.3) is 0 Å². The van der Waals surface area contributed by atoms with Crippen molar-refractivity contribution in [1.82, 2.24) is 14.5 Å². The summed E-state index contributed by atoms with van der Waals surface area (Å²) in [4.78, 5) is 37.7. The van der Waals surface area contributed by atoms with Crippen LogP contribution >= 0.6 is 0 Å². The molecule has 0 bridgehead atoms. The van der Waals surface area contributed by atoms with E-state index in [1.165, 1.54) is 0 Å². The van der Waals surface area contributed by atoms with Crippen molar-refractivity contribution >= 4 is 23.3 Å². The maximum absolute atomic E-state index is 13.9. The van der Waals surface area contributed by atoms with Gasteiger partial charge in [0.25, 0.3) is 5.91 Å². The third kappa shape index (κ3) is 5.33. The molecule has 3 aromatic rings. The quantitative estimate of drug-likeness (QED) is 0.493. The van der Waals surface area contributed by atoms with E-state index >= 15 is 0 Å². The predicted molar refractivity (Wildman–Crippen MR) is 144 cm³/mol. The molecule has 0 radical (unpaired) electrons. The van der Waals surface area contributed by atoms with E-state index in [9.17, 15) is 9.59 Å². The van der Waals surface area contributed by atoms with Gasteiger partial charge in [0.2, 0.25) is 5.91 Å². The first-order valence-electron chi connectivity index (χ1n) is 13.2. The van der Waals surface area contributed by atoms with Crippen molar-refractivity contribution < 1.29 is 14.3 Å². The molecule has 2 aliphatic heterocycles. The number of aryl methyl sites for hydroxylation is 1. The van der Waals surface area contributed by atoms with Crippen LogP contribution in [0.1, 0.15) is 41.6 Å². The molecule has 8 nitrogen and oxygen atoms in total. The summed E-state index contributed by atoms with van der Waals surface area (Å²) < 4.78 is 7.60. The molecule has 0 N–H and O–H groups in total. The fraction of sp³-hybridized carbons (Fsp3) is 0.414. The molecular formula is C29H35N5O3. The zero-order valence-corrected chi connectivity index (χ0v) is 21.7. The fourth-order valence-corrected chi connectivity index (χ4v) is 5.16. The highest BCUT2D eigenvalue weighted by Gasteiger charge is 2.33. The van der Waals surface area contributed by atoms with Crippen LogP contribution in [0.15, 0.2) is 54.6 Å². The van der Waals surface area contributed by atoms with Crippen molar-refractivity contribution in [2.24, 2.45) is 0 Å². The van der Waals surface area contributed by atoms with Gasteiger partial charge in [0.05, 0.1) is 13.0 Å². The first kappa shape index (κ1) is 24.9. The topological polar surface area (TPSA) is 70.9 Å². The van der Waals surface area contributed by atoms with Gasteiger partial charge >= 0.3 is 0 Å². The number of piperazine rings is 1. The molecule has 3 heterocycles. The van der Waals surface area contributed by atoms with Crippen LogP contribution in [0.2, 0.25) is 0 Å². The third-order valence-electron chi connectivity index (χ3n) is 7.23. The van der Waals surface area contributed by atoms with E-state index in [1.54, 1.807) is 11.9 Å². The minimum absolute atomic E-state index is 0.0404. The highest BCUT2D eigenvalue weighted by molar-refractivity contribution is 6.03. The monoisotopic (exact) mass is 501 g/mol. The second-order valence-corrected chi connectivity index (χ2v) is 9.63. The lowest BCUT2D eigenvalue weighted by molar-refractivity contribution is -0.117. The Kier molecular flexibility index (Phi) is 7.44. The van der Waals surface area contributed by atoms with Gasteiger partial charge < -0.3 is 19.1 Å². The number of anilines is 2. The number of hydrogen-bond acceptors (Lipinski definition) is 5. The number of likely N-dealkylation sites (N-methyl/N-ethyl adjacent to an activating group) is 1. The van der Waals surface area contributed by atoms with Gasteiger partial charge in [-0.05, 0) is 49.6 Å². The lowest BCUT2D eigenvalue weighted by Crippen LogP contribution is -2.49. The number of hydrogen-bond donors (Lipinski definition) is 0. The summed E-state index contributed by atoms with van der Waals surface area (Å²) in [5.41, 5.74) is 2.62. The number of carbonyl (C=O) groups is 2. The molecular weight excluding hydrogens is 466 g/mol. The minimum Gasteiger partial charge on any atom is -0.494 e. The molecule has 2 amide bonds. The van der Waals surface area contributed by atoms with Gasteiger partial charge in [-0.15, -0.1) is 0 Å². The van der Waals surface area contributed by atoms with Crippen LogP contribution in [0, 0.1) is 0 Å². The highest BCUT2D eigenvalue weighted by atomic mass is 16.5. The predicted octanol–water partition coefficient (Wildman–Crippen LogP) is 3.79. The van der Waals surface area contributed by atoms with Crippen molar-refractivity contribution in [2.75, 3.05) is 49.6 Å². The standard InChI is InChI=1S/C29H35N5O3/c1-3-37-24-14-12-23(13-15-24)32-17-19-33(20-18-32)29(36)27-28(30-25-11-7-8-16-34(25)27)31(2)26(35)21-22-9-5-4-6-10-22/h4-6,9-10,12-15H,3,7-8,11,16-21H2,1-2H3. The normalized spacial score (nSPS) is 15.3. The summed E-state index contributed by atoms with van der Waals surface area (Å²) in [6.45, 7) is 6.12. The summed E-state index contributed by atoms with van der Waals surface area (Å²) in [5.74, 6) is 2.13. The fourth-order valence-electron chi connectivity index (χ4n) is 5.16. The van der Waals surface area contributed by atoms with Gasteiger partial charge in [0.15, 0.2) is 11.5 Å². The average Bonchev–Trinajstić information content (AvgIpc) is 3.33. The molecule has 8 heteroatoms. The van der Waals surface area contributed by atoms with Crippen molar-refractivity contribution in [3.63, 3.8) is 0 Å². The number of carbonyl (C=O) groups excluding carboxylic acids is 2. The van der Waals surface area contributed by atoms with Gasteiger partial charge in [-0.2, -0.15) is 0 Å². The number of fused-ring (bicyclic) bond motifs is 1. The van der Waals surface area contributed by atoms with Crippen LogP contribution in [0.3, 0.4) is 0 Å². The molecule has 0 spiro atoms. The maximum atomic E-state index is 13.9. The van der Waals surface area contributed by atoms with E-state index in [1.807, 2.05) is 58.9 Å². The number of aromatic nitrogens is 2. The molecule has 0 atom stereocenters. The summed E-state index contributed by atoms with van der Waals surface area (Å²) >= 11 is 0. The Labute approximate surface area is 218 Å². The number of ether oxygens (including phenoxy) is 1. The van der Waals surface area contributed by atoms with E-state index in [4.69, 9.17) is 9.72 Å². The molecule has 5 rings (SSSR count). The van der Waals surface area contributed by atoms with Crippen molar-refractivity contribution in [2.45, 2.75) is 39.2 Å². The number of imidazole rings is 1. The maximum Gasteiger partial charge on any atom is 0.274 e. The van der Waals surface area contributed by atoms with Gasteiger partial charge in [-0.25, -0.2) is 4.98 Å². The van der Waals surface area contributed by atoms with Crippen LogP contribution in [0.4, 0.5) is 11.5 Å². The van der Waals surface area contributed by atoms with Crippen LogP contribution in [0.5, 0.6) is 5.75 Å². The molecule has 1 fully saturated rings. The van der Waals surface area contributed by atoms with E-state index < -0.39 is 0 Å². The first-order chi connectivity index (χ1) is 18.0. The zero-order valence-electron chi connectivity index (χ0n) is 21.7. The van der Waals surface area contributed by atoms with Crippen molar-refractivity contribution in [1.29, 1.82) is 0 Å². The Morgan fingerprint density at radius 2 is 1.68 bits per heavy atom. The molecule has 1 saturated heterocycles. The van der Waals surface area contributed by atoms with Crippen molar-refractivity contribution in [3.05, 3.63) is 71.7 Å². The second kappa shape index (κ2) is 11.1. The summed E-state index contributed by atoms with van der Waals surface area (Å²) in [5, 5.41) is 0. The van der Waals surface area contributed by atoms with Gasteiger partial charge in [0, 0.05) is 51.9 Å². The summed E-state index contributed by atoms with van der Waals surface area (Å²) in [6, 6.07) is 17.8. The molecule has 0 saturated carbocycles. The lowest BCUT2D eigenvalue weighted by Gasteiger charge is -2.36. The van der Waals surface area contributed by atoms with E-state index in [-0.39, 0.29) is 18.2 Å². The molecule has 2 aliphatic rings. The molecule has 0 unspecified atom stereocenters. The van der Waals surface area contributed by atoms with Crippen LogP contribution in [-0.2, 0) is 24.2 Å². The number of amides is 2. The summed E-state index contributed by atoms with van der Waals surface area (Å²) in [6.07, 6.45) is 3.16. The Morgan fingerprint density at radius 3 is 2.38 bits per heavy atom. The largest absolute Gasteiger partial charge is 0.494 e. The van der Waals surface area contributed by atoms with Crippen LogP contribution in [-0.4, -0.2) is 66.1 Å². The average molecular weight is 502 g/mol. The highest BCUT2D eigenvalue weighted by Crippen LogP contribution is 2.28.